The molecule has 0 atom stereocenters. The van der Waals surface area contributed by atoms with Crippen molar-refractivity contribution in [2.24, 2.45) is 10.9 Å². The first-order valence-electron chi connectivity index (χ1n) is 11.1. The first kappa shape index (κ1) is 24.0. The van der Waals surface area contributed by atoms with E-state index in [4.69, 9.17) is 22.7 Å². The van der Waals surface area contributed by atoms with Crippen molar-refractivity contribution in [3.63, 3.8) is 0 Å². The summed E-state index contributed by atoms with van der Waals surface area (Å²) in [5.41, 5.74) is 7.18. The Kier molecular flexibility index (Phi) is 6.98. The van der Waals surface area contributed by atoms with Crippen LogP contribution in [0.15, 0.2) is 28.1 Å². The summed E-state index contributed by atoms with van der Waals surface area (Å²) in [6.45, 7) is 11.1. The average molecular weight is 492 g/mol. The van der Waals surface area contributed by atoms with Gasteiger partial charge in [0.1, 0.15) is 5.82 Å². The summed E-state index contributed by atoms with van der Waals surface area (Å²) < 4.78 is 29.8. The molecule has 2 aromatic carbocycles. The van der Waals surface area contributed by atoms with E-state index in [-0.39, 0.29) is 31.3 Å². The summed E-state index contributed by atoms with van der Waals surface area (Å²) in [6, 6.07) is 4.37. The maximum atomic E-state index is 15.6. The largest absolute Gasteiger partial charge is 0.396 e. The molecular weight excluding hydrogens is 464 g/mol. The highest BCUT2D eigenvalue weighted by atomic mass is 35.5. The van der Waals surface area contributed by atoms with Gasteiger partial charge in [0.05, 0.1) is 21.0 Å². The van der Waals surface area contributed by atoms with Crippen LogP contribution in [0, 0.1) is 33.4 Å². The van der Waals surface area contributed by atoms with Crippen LogP contribution in [0.1, 0.15) is 27.2 Å². The fourth-order valence-corrected chi connectivity index (χ4v) is 5.58. The highest BCUT2D eigenvalue weighted by Gasteiger charge is 2.20. The molecule has 3 N–H and O–H groups in total. The molecule has 1 saturated heterocycles. The van der Waals surface area contributed by atoms with E-state index in [1.165, 1.54) is 12.1 Å². The summed E-state index contributed by atoms with van der Waals surface area (Å²) in [5.74, 6) is -0.539. The van der Waals surface area contributed by atoms with E-state index in [0.29, 0.717) is 16.4 Å². The lowest BCUT2D eigenvalue weighted by Gasteiger charge is -2.25. The number of halogens is 3. The van der Waals surface area contributed by atoms with E-state index < -0.39 is 11.6 Å². The van der Waals surface area contributed by atoms with Gasteiger partial charge in [-0.25, -0.2) is 13.8 Å². The Balaban J connectivity index is 1.85. The number of hydrogen-bond acceptors (Lipinski definition) is 5. The molecule has 0 bridgehead atoms. The third-order valence-corrected chi connectivity index (χ3v) is 7.27. The predicted octanol–water partition coefficient (Wildman–Crippen LogP) is 3.94. The smallest absolute Gasteiger partial charge is 0.185 e. The molecule has 0 aromatic heterocycles. The standard InChI is InChI=1S/C24H28ClF2N5S/c1-13(2)12-31-7-4-8-32(10-9-31)14(3)16-11-17(25)19(20(27)21(16)28)15-5-6-18(26)23-22(15)30-24(29)33-23/h5-6,11,13,29H,4,7-10,12,28H2,1-3H3/b16-14+,19-15-,29-24?. The molecule has 176 valence electrons. The highest BCUT2D eigenvalue weighted by Crippen LogP contribution is 2.25. The molecule has 1 fully saturated rings. The van der Waals surface area contributed by atoms with Gasteiger partial charge in [0.25, 0.3) is 0 Å². The fourth-order valence-electron chi connectivity index (χ4n) is 4.53. The number of nitrogens with two attached hydrogens (primary N) is 1. The van der Waals surface area contributed by atoms with Crippen LogP contribution in [0.3, 0.4) is 0 Å². The molecule has 2 aromatic rings. The quantitative estimate of drug-likeness (QED) is 0.638. The van der Waals surface area contributed by atoms with Gasteiger partial charge in [-0.05, 0) is 55.8 Å². The number of benzene rings is 2. The van der Waals surface area contributed by atoms with Crippen molar-refractivity contribution in [1.29, 1.82) is 5.41 Å². The fraction of sp³-hybridized carbons (Fsp3) is 0.417. The molecule has 2 heterocycles. The number of hydrogen-bond donors (Lipinski definition) is 2. The van der Waals surface area contributed by atoms with Crippen molar-refractivity contribution in [1.82, 2.24) is 9.80 Å². The Morgan fingerprint density at radius 3 is 2.73 bits per heavy atom. The molecule has 33 heavy (non-hydrogen) atoms. The number of nitrogens with one attached hydrogen (secondary N) is 1. The monoisotopic (exact) mass is 491 g/mol. The number of rotatable bonds is 3. The predicted molar refractivity (Wildman–Crippen MR) is 131 cm³/mol. The number of fused-ring (bicyclic) bond motifs is 1. The van der Waals surface area contributed by atoms with Crippen LogP contribution in [0.4, 0.5) is 14.5 Å². The van der Waals surface area contributed by atoms with Gasteiger partial charge in [-0.15, -0.1) is 0 Å². The maximum Gasteiger partial charge on any atom is 0.185 e. The number of anilines is 1. The summed E-state index contributed by atoms with van der Waals surface area (Å²) >= 11 is 7.49. The summed E-state index contributed by atoms with van der Waals surface area (Å²) in [6.07, 6.45) is 1.02. The van der Waals surface area contributed by atoms with Crippen molar-refractivity contribution in [2.75, 3.05) is 38.5 Å². The summed E-state index contributed by atoms with van der Waals surface area (Å²) in [4.78, 5) is 9.00. The number of nitrogens with zero attached hydrogens (tertiary/aromatic N) is 3. The third kappa shape index (κ3) is 4.74. The van der Waals surface area contributed by atoms with E-state index in [1.807, 2.05) is 6.92 Å². The molecule has 9 heteroatoms. The van der Waals surface area contributed by atoms with Crippen LogP contribution in [0.5, 0.6) is 0 Å². The maximum absolute atomic E-state index is 15.6. The third-order valence-electron chi connectivity index (χ3n) is 6.10. The van der Waals surface area contributed by atoms with Crippen LogP contribution in [0.2, 0.25) is 5.02 Å². The van der Waals surface area contributed by atoms with Gasteiger partial charge in [-0.1, -0.05) is 25.4 Å². The Hall–Kier alpha value is -2.16. The van der Waals surface area contributed by atoms with Crippen molar-refractivity contribution in [2.45, 2.75) is 32.1 Å². The SMILES string of the molecule is C/C(=c1/cc(Cl)/c(=c2\ccc(F)c3c2=NC(=N)S3)c(F)c1N)N1CCCN(CC(C)C)CC1. The molecule has 0 amide bonds. The molecule has 0 unspecified atom stereocenters. The van der Waals surface area contributed by atoms with Gasteiger partial charge < -0.3 is 15.5 Å². The van der Waals surface area contributed by atoms with Crippen molar-refractivity contribution >= 4 is 39.9 Å². The van der Waals surface area contributed by atoms with E-state index in [9.17, 15) is 4.39 Å². The second-order valence-corrected chi connectivity index (χ2v) is 10.3. The van der Waals surface area contributed by atoms with Gasteiger partial charge in [0, 0.05) is 47.5 Å². The molecule has 0 saturated carbocycles. The minimum Gasteiger partial charge on any atom is -0.396 e. The molecule has 2 aliphatic heterocycles. The van der Waals surface area contributed by atoms with Crippen molar-refractivity contribution in [3.05, 3.63) is 55.9 Å². The lowest BCUT2D eigenvalue weighted by Crippen LogP contribution is -2.33. The average Bonchev–Trinajstić information content (AvgIpc) is 3.01. The number of amidine groups is 1. The Morgan fingerprint density at radius 1 is 1.24 bits per heavy atom. The van der Waals surface area contributed by atoms with Crippen molar-refractivity contribution < 1.29 is 8.78 Å². The molecule has 2 aliphatic rings. The zero-order valence-electron chi connectivity index (χ0n) is 19.0. The summed E-state index contributed by atoms with van der Waals surface area (Å²) in [5, 5.41) is 9.11. The van der Waals surface area contributed by atoms with E-state index in [2.05, 4.69) is 28.6 Å². The first-order chi connectivity index (χ1) is 15.7. The molecule has 0 radical (unpaired) electrons. The second-order valence-electron chi connectivity index (χ2n) is 8.92. The lowest BCUT2D eigenvalue weighted by atomic mass is 10.1. The van der Waals surface area contributed by atoms with Gasteiger partial charge >= 0.3 is 0 Å². The molecule has 4 rings (SSSR count). The minimum absolute atomic E-state index is 0.00832. The Morgan fingerprint density at radius 2 is 2.00 bits per heavy atom. The van der Waals surface area contributed by atoms with Gasteiger partial charge in [-0.3, -0.25) is 5.41 Å². The number of thioether (sulfide) groups is 1. The molecule has 0 spiro atoms. The topological polar surface area (TPSA) is 68.7 Å². The van der Waals surface area contributed by atoms with Crippen LogP contribution < -0.4 is 16.3 Å². The van der Waals surface area contributed by atoms with Crippen LogP contribution >= 0.6 is 23.4 Å². The van der Waals surface area contributed by atoms with E-state index >= 15 is 4.39 Å². The first-order valence-corrected chi connectivity index (χ1v) is 12.3. The molecule has 0 aliphatic carbocycles. The Labute approximate surface area is 201 Å². The Bertz CT molecular complexity index is 1330. The van der Waals surface area contributed by atoms with Crippen LogP contribution in [0.25, 0.3) is 5.70 Å². The van der Waals surface area contributed by atoms with Gasteiger partial charge in [0.15, 0.2) is 11.0 Å². The van der Waals surface area contributed by atoms with Gasteiger partial charge in [-0.2, -0.15) is 0 Å². The van der Waals surface area contributed by atoms with Crippen LogP contribution in [-0.4, -0.2) is 47.7 Å². The molecule has 5 nitrogen and oxygen atoms in total. The molecular formula is C24H28ClF2N5S. The zero-order chi connectivity index (χ0) is 23.9. The van der Waals surface area contributed by atoms with E-state index in [1.54, 1.807) is 6.07 Å². The minimum atomic E-state index is -0.652. The lowest BCUT2D eigenvalue weighted by molar-refractivity contribution is 0.254. The number of nitrogen functional groups attached to an aromatic ring is 1. The highest BCUT2D eigenvalue weighted by molar-refractivity contribution is 8.14. The summed E-state index contributed by atoms with van der Waals surface area (Å²) in [7, 11) is 0. The van der Waals surface area contributed by atoms with Gasteiger partial charge in [0.2, 0.25) is 0 Å². The normalized spacial score (nSPS) is 18.9. The van der Waals surface area contributed by atoms with Crippen molar-refractivity contribution in [3.8, 4) is 0 Å². The van der Waals surface area contributed by atoms with Crippen LogP contribution in [-0.2, 0) is 0 Å². The zero-order valence-corrected chi connectivity index (χ0v) is 20.6. The second kappa shape index (κ2) is 9.60. The van der Waals surface area contributed by atoms with E-state index in [0.717, 1.165) is 56.6 Å².